The monoisotopic (exact) mass is 272 g/mol. The number of halogens is 1. The molecule has 0 bridgehead atoms. The van der Waals surface area contributed by atoms with E-state index in [0.717, 1.165) is 6.42 Å². The van der Waals surface area contributed by atoms with Crippen LogP contribution in [0.5, 0.6) is 6.01 Å². The van der Waals surface area contributed by atoms with Gasteiger partial charge >= 0.3 is 6.01 Å². The van der Waals surface area contributed by atoms with Crippen molar-refractivity contribution in [2.24, 2.45) is 5.92 Å². The molecule has 1 unspecified atom stereocenters. The second-order valence-electron chi connectivity index (χ2n) is 4.19. The number of nitrogens with one attached hydrogen (secondary N) is 1. The summed E-state index contributed by atoms with van der Waals surface area (Å²) in [5.74, 6) is 0.963. The molecule has 1 heterocycles. The van der Waals surface area contributed by atoms with Crippen LogP contribution in [0.3, 0.4) is 0 Å². The number of ether oxygens (including phenoxy) is 1. The van der Waals surface area contributed by atoms with E-state index in [0.29, 0.717) is 18.5 Å². The molecule has 1 rings (SSSR count). The molecular formula is C12H21ClN4O. The summed E-state index contributed by atoms with van der Waals surface area (Å²) >= 11 is 5.78. The zero-order valence-corrected chi connectivity index (χ0v) is 12.0. The minimum Gasteiger partial charge on any atom is -0.463 e. The molecule has 0 saturated heterocycles. The van der Waals surface area contributed by atoms with Crippen LogP contribution >= 0.6 is 11.6 Å². The number of nitrogens with zero attached hydrogens (tertiary/aromatic N) is 3. The number of rotatable bonds is 8. The molecule has 0 aliphatic carbocycles. The summed E-state index contributed by atoms with van der Waals surface area (Å²) in [5, 5.41) is 2.96. The highest BCUT2D eigenvalue weighted by molar-refractivity contribution is 6.28. The van der Waals surface area contributed by atoms with Crippen molar-refractivity contribution >= 4 is 17.5 Å². The highest BCUT2D eigenvalue weighted by Gasteiger charge is 2.10. The van der Waals surface area contributed by atoms with Crippen LogP contribution in [0.15, 0.2) is 0 Å². The fraction of sp³-hybridized carbons (Fsp3) is 0.750. The molecule has 0 aromatic carbocycles. The van der Waals surface area contributed by atoms with Gasteiger partial charge in [0, 0.05) is 7.05 Å². The van der Waals surface area contributed by atoms with Crippen molar-refractivity contribution in [1.29, 1.82) is 0 Å². The number of hydrogen-bond acceptors (Lipinski definition) is 5. The van der Waals surface area contributed by atoms with Crippen LogP contribution in [0.25, 0.3) is 0 Å². The molecule has 1 atom stereocenters. The van der Waals surface area contributed by atoms with Crippen LogP contribution in [0.1, 0.15) is 39.5 Å². The van der Waals surface area contributed by atoms with E-state index in [1.807, 2.05) is 0 Å². The maximum Gasteiger partial charge on any atom is 0.322 e. The standard InChI is InChI=1S/C12H21ClN4O/c1-4-6-7-9(5-2)8-18-12-16-10(13)15-11(14-3)17-12/h9H,4-8H2,1-3H3,(H,14,15,16,17). The molecule has 1 N–H and O–H groups in total. The average Bonchev–Trinajstić information content (AvgIpc) is 2.38. The Kier molecular flexibility index (Phi) is 6.72. The quantitative estimate of drug-likeness (QED) is 0.788. The molecule has 0 saturated carbocycles. The Balaban J connectivity index is 2.53. The van der Waals surface area contributed by atoms with Gasteiger partial charge in [0.1, 0.15) is 0 Å². The van der Waals surface area contributed by atoms with Gasteiger partial charge < -0.3 is 10.1 Å². The molecule has 0 spiro atoms. The number of aromatic nitrogens is 3. The minimum absolute atomic E-state index is 0.144. The average molecular weight is 273 g/mol. The fourth-order valence-corrected chi connectivity index (χ4v) is 1.75. The molecule has 0 amide bonds. The molecule has 5 nitrogen and oxygen atoms in total. The smallest absolute Gasteiger partial charge is 0.322 e. The van der Waals surface area contributed by atoms with E-state index in [1.54, 1.807) is 7.05 Å². The van der Waals surface area contributed by atoms with Crippen LogP contribution in [-0.2, 0) is 0 Å². The Morgan fingerprint density at radius 3 is 2.67 bits per heavy atom. The van der Waals surface area contributed by atoms with E-state index in [4.69, 9.17) is 16.3 Å². The van der Waals surface area contributed by atoms with Crippen LogP contribution in [0.4, 0.5) is 5.95 Å². The first-order chi connectivity index (χ1) is 8.69. The van der Waals surface area contributed by atoms with E-state index < -0.39 is 0 Å². The fourth-order valence-electron chi connectivity index (χ4n) is 1.60. The first kappa shape index (κ1) is 15.0. The Morgan fingerprint density at radius 1 is 1.28 bits per heavy atom. The van der Waals surface area contributed by atoms with E-state index in [9.17, 15) is 0 Å². The van der Waals surface area contributed by atoms with Crippen LogP contribution in [0.2, 0.25) is 5.28 Å². The number of anilines is 1. The molecule has 0 aliphatic heterocycles. The molecule has 1 aromatic heterocycles. The lowest BCUT2D eigenvalue weighted by molar-refractivity contribution is 0.217. The lowest BCUT2D eigenvalue weighted by Gasteiger charge is -2.14. The van der Waals surface area contributed by atoms with Crippen LogP contribution < -0.4 is 10.1 Å². The van der Waals surface area contributed by atoms with Gasteiger partial charge in [-0.1, -0.05) is 33.1 Å². The number of unbranched alkanes of at least 4 members (excludes halogenated alkanes) is 1. The van der Waals surface area contributed by atoms with Gasteiger partial charge in [-0.2, -0.15) is 15.0 Å². The van der Waals surface area contributed by atoms with Gasteiger partial charge in [0.25, 0.3) is 0 Å². The van der Waals surface area contributed by atoms with Crippen molar-refractivity contribution in [2.45, 2.75) is 39.5 Å². The lowest BCUT2D eigenvalue weighted by atomic mass is 10.0. The van der Waals surface area contributed by atoms with Crippen LogP contribution in [-0.4, -0.2) is 28.6 Å². The van der Waals surface area contributed by atoms with Crippen molar-refractivity contribution in [3.05, 3.63) is 5.28 Å². The zero-order valence-electron chi connectivity index (χ0n) is 11.2. The molecule has 0 aliphatic rings. The van der Waals surface area contributed by atoms with Crippen molar-refractivity contribution < 1.29 is 4.74 Å². The highest BCUT2D eigenvalue weighted by atomic mass is 35.5. The molecule has 102 valence electrons. The van der Waals surface area contributed by atoms with Gasteiger partial charge in [0.05, 0.1) is 6.61 Å². The summed E-state index contributed by atoms with van der Waals surface area (Å²) in [7, 11) is 1.73. The van der Waals surface area contributed by atoms with Crippen molar-refractivity contribution in [2.75, 3.05) is 19.0 Å². The molecule has 18 heavy (non-hydrogen) atoms. The lowest BCUT2D eigenvalue weighted by Crippen LogP contribution is -2.13. The second-order valence-corrected chi connectivity index (χ2v) is 4.53. The predicted molar refractivity (Wildman–Crippen MR) is 73.2 cm³/mol. The van der Waals surface area contributed by atoms with Gasteiger partial charge in [0.2, 0.25) is 11.2 Å². The van der Waals surface area contributed by atoms with Gasteiger partial charge in [-0.15, -0.1) is 0 Å². The van der Waals surface area contributed by atoms with E-state index in [2.05, 4.69) is 34.1 Å². The third-order valence-electron chi connectivity index (χ3n) is 2.80. The Hall–Kier alpha value is -1.10. The Morgan fingerprint density at radius 2 is 2.06 bits per heavy atom. The van der Waals surface area contributed by atoms with Gasteiger partial charge in [-0.05, 0) is 23.9 Å². The van der Waals surface area contributed by atoms with E-state index >= 15 is 0 Å². The molecule has 0 radical (unpaired) electrons. The largest absolute Gasteiger partial charge is 0.463 e. The van der Waals surface area contributed by atoms with Crippen molar-refractivity contribution in [3.63, 3.8) is 0 Å². The van der Waals surface area contributed by atoms with E-state index in [1.165, 1.54) is 19.3 Å². The van der Waals surface area contributed by atoms with Gasteiger partial charge in [-0.25, -0.2) is 0 Å². The van der Waals surface area contributed by atoms with Crippen LogP contribution in [0, 0.1) is 5.92 Å². The highest BCUT2D eigenvalue weighted by Crippen LogP contribution is 2.16. The summed E-state index contributed by atoms with van der Waals surface area (Å²) in [6.07, 6.45) is 4.70. The Bertz CT molecular complexity index is 362. The summed E-state index contributed by atoms with van der Waals surface area (Å²) in [6, 6.07) is 0.286. The third kappa shape index (κ3) is 5.04. The summed E-state index contributed by atoms with van der Waals surface area (Å²) in [5.41, 5.74) is 0. The van der Waals surface area contributed by atoms with Gasteiger partial charge in [-0.3, -0.25) is 0 Å². The molecular weight excluding hydrogens is 252 g/mol. The first-order valence-electron chi connectivity index (χ1n) is 6.41. The molecule has 6 heteroatoms. The topological polar surface area (TPSA) is 59.9 Å². The summed E-state index contributed by atoms with van der Waals surface area (Å²) in [6.45, 7) is 4.99. The zero-order chi connectivity index (χ0) is 13.4. The maximum atomic E-state index is 5.78. The number of hydrogen-bond donors (Lipinski definition) is 1. The Labute approximate surface area is 113 Å². The van der Waals surface area contributed by atoms with Crippen molar-refractivity contribution in [1.82, 2.24) is 15.0 Å². The van der Waals surface area contributed by atoms with E-state index in [-0.39, 0.29) is 11.3 Å². The third-order valence-corrected chi connectivity index (χ3v) is 2.97. The molecule has 1 aromatic rings. The normalized spacial score (nSPS) is 12.2. The van der Waals surface area contributed by atoms with Gasteiger partial charge in [0.15, 0.2) is 0 Å². The predicted octanol–water partition coefficient (Wildman–Crippen LogP) is 3.16. The van der Waals surface area contributed by atoms with Crippen molar-refractivity contribution in [3.8, 4) is 6.01 Å². The first-order valence-corrected chi connectivity index (χ1v) is 6.79. The maximum absolute atomic E-state index is 5.78. The second kappa shape index (κ2) is 8.08. The summed E-state index contributed by atoms with van der Waals surface area (Å²) < 4.78 is 5.59. The minimum atomic E-state index is 0.144. The molecule has 0 fully saturated rings. The SMILES string of the molecule is CCCCC(CC)COc1nc(Cl)nc(NC)n1. The summed E-state index contributed by atoms with van der Waals surface area (Å²) in [4.78, 5) is 11.9.